The molecule has 0 unspecified atom stereocenters. The molecule has 0 spiro atoms. The van der Waals surface area contributed by atoms with E-state index >= 15 is 0 Å². The number of rotatable bonds is 7. The predicted octanol–water partition coefficient (Wildman–Crippen LogP) is 3.20. The van der Waals surface area contributed by atoms with Crippen LogP contribution in [0.4, 0.5) is 0 Å². The quantitative estimate of drug-likeness (QED) is 0.743. The molecule has 2 aliphatic heterocycles. The number of likely N-dealkylation sites (tertiary alicyclic amines) is 2. The molecule has 2 saturated heterocycles. The van der Waals surface area contributed by atoms with Gasteiger partial charge < -0.3 is 10.2 Å². The standard InChI is InChI=1S/C25H37N5O/c1-3-30-18-21(17-27-30)16-26-25(31)22-8-14-29(15-9-22)24-10-12-28(13-11-24)19-23-7-5-4-6-20(23)2/h4-7,17-18,22,24H,3,8-16,19H2,1-2H3,(H,26,31). The molecule has 1 aromatic heterocycles. The Kier molecular flexibility index (Phi) is 7.41. The molecule has 4 rings (SSSR count). The topological polar surface area (TPSA) is 53.4 Å². The number of benzene rings is 1. The number of piperidine rings is 2. The average molecular weight is 424 g/mol. The molecular formula is C25H37N5O. The molecule has 6 nitrogen and oxygen atoms in total. The fraction of sp³-hybridized carbons (Fsp3) is 0.600. The second-order valence-electron chi connectivity index (χ2n) is 9.17. The summed E-state index contributed by atoms with van der Waals surface area (Å²) in [5, 5.41) is 7.39. The van der Waals surface area contributed by atoms with Gasteiger partial charge in [-0.15, -0.1) is 0 Å². The second kappa shape index (κ2) is 10.4. The molecule has 0 saturated carbocycles. The molecule has 168 valence electrons. The van der Waals surface area contributed by atoms with Gasteiger partial charge in [-0.2, -0.15) is 5.10 Å². The van der Waals surface area contributed by atoms with Gasteiger partial charge in [0.15, 0.2) is 0 Å². The van der Waals surface area contributed by atoms with Crippen molar-refractivity contribution in [1.82, 2.24) is 24.9 Å². The van der Waals surface area contributed by atoms with E-state index in [4.69, 9.17) is 0 Å². The Balaban J connectivity index is 1.17. The maximum absolute atomic E-state index is 12.6. The average Bonchev–Trinajstić information content (AvgIpc) is 3.28. The van der Waals surface area contributed by atoms with Crippen molar-refractivity contribution in [2.75, 3.05) is 26.2 Å². The van der Waals surface area contributed by atoms with Crippen LogP contribution in [0.25, 0.3) is 0 Å². The first-order valence-electron chi connectivity index (χ1n) is 11.9. The Morgan fingerprint density at radius 1 is 1.10 bits per heavy atom. The summed E-state index contributed by atoms with van der Waals surface area (Å²) in [4.78, 5) is 17.8. The monoisotopic (exact) mass is 423 g/mol. The zero-order valence-electron chi connectivity index (χ0n) is 19.1. The van der Waals surface area contributed by atoms with E-state index in [9.17, 15) is 4.79 Å². The van der Waals surface area contributed by atoms with E-state index < -0.39 is 0 Å². The summed E-state index contributed by atoms with van der Waals surface area (Å²) < 4.78 is 1.90. The number of nitrogens with one attached hydrogen (secondary N) is 1. The van der Waals surface area contributed by atoms with Crippen LogP contribution in [-0.4, -0.2) is 57.7 Å². The van der Waals surface area contributed by atoms with Gasteiger partial charge in [-0.25, -0.2) is 0 Å². The lowest BCUT2D eigenvalue weighted by Gasteiger charge is -2.41. The van der Waals surface area contributed by atoms with Gasteiger partial charge in [0.2, 0.25) is 5.91 Å². The van der Waals surface area contributed by atoms with E-state index in [1.807, 2.05) is 17.1 Å². The molecule has 3 heterocycles. The van der Waals surface area contributed by atoms with Gasteiger partial charge in [0.1, 0.15) is 0 Å². The molecule has 1 amide bonds. The normalized spacial score (nSPS) is 19.5. The van der Waals surface area contributed by atoms with E-state index in [0.717, 1.165) is 44.6 Å². The first-order valence-corrected chi connectivity index (χ1v) is 11.9. The van der Waals surface area contributed by atoms with E-state index in [2.05, 4.69) is 58.3 Å². The van der Waals surface area contributed by atoms with Crippen LogP contribution in [0.5, 0.6) is 0 Å². The Morgan fingerprint density at radius 3 is 2.52 bits per heavy atom. The lowest BCUT2D eigenvalue weighted by atomic mass is 9.92. The molecule has 2 fully saturated rings. The Hall–Kier alpha value is -2.18. The number of carbonyl (C=O) groups is 1. The number of carbonyl (C=O) groups excluding carboxylic acids is 1. The molecule has 31 heavy (non-hydrogen) atoms. The highest BCUT2D eigenvalue weighted by Gasteiger charge is 2.30. The maximum atomic E-state index is 12.6. The maximum Gasteiger partial charge on any atom is 0.223 e. The molecule has 1 N–H and O–H groups in total. The SMILES string of the molecule is CCn1cc(CNC(=O)C2CCN(C3CCN(Cc4ccccc4C)CC3)CC2)cn1. The summed E-state index contributed by atoms with van der Waals surface area (Å²) >= 11 is 0. The van der Waals surface area contributed by atoms with Gasteiger partial charge >= 0.3 is 0 Å². The number of hydrogen-bond acceptors (Lipinski definition) is 4. The first kappa shape index (κ1) is 22.0. The van der Waals surface area contributed by atoms with E-state index in [0.29, 0.717) is 12.6 Å². The van der Waals surface area contributed by atoms with Crippen molar-refractivity contribution in [2.45, 2.75) is 65.2 Å². The van der Waals surface area contributed by atoms with Gasteiger partial charge in [-0.1, -0.05) is 24.3 Å². The Labute approximate surface area is 186 Å². The second-order valence-corrected chi connectivity index (χ2v) is 9.17. The van der Waals surface area contributed by atoms with Gasteiger partial charge in [0.25, 0.3) is 0 Å². The zero-order chi connectivity index (χ0) is 21.6. The Morgan fingerprint density at radius 2 is 1.84 bits per heavy atom. The first-order chi connectivity index (χ1) is 15.1. The fourth-order valence-electron chi connectivity index (χ4n) is 5.00. The van der Waals surface area contributed by atoms with Gasteiger partial charge in [0, 0.05) is 43.4 Å². The molecular weight excluding hydrogens is 386 g/mol. The molecule has 2 aromatic rings. The summed E-state index contributed by atoms with van der Waals surface area (Å²) in [7, 11) is 0. The largest absolute Gasteiger partial charge is 0.352 e. The van der Waals surface area contributed by atoms with Crippen LogP contribution in [0, 0.1) is 12.8 Å². The molecule has 1 aromatic carbocycles. The number of amides is 1. The lowest BCUT2D eigenvalue weighted by molar-refractivity contribution is -0.126. The van der Waals surface area contributed by atoms with Gasteiger partial charge in [0.05, 0.1) is 6.20 Å². The van der Waals surface area contributed by atoms with Crippen molar-refractivity contribution in [3.63, 3.8) is 0 Å². The van der Waals surface area contributed by atoms with Crippen LogP contribution < -0.4 is 5.32 Å². The minimum absolute atomic E-state index is 0.151. The lowest BCUT2D eigenvalue weighted by Crippen LogP contribution is -2.49. The highest BCUT2D eigenvalue weighted by atomic mass is 16.1. The number of aryl methyl sites for hydroxylation is 2. The molecule has 0 aliphatic carbocycles. The summed E-state index contributed by atoms with van der Waals surface area (Å²) in [6.45, 7) is 11.2. The summed E-state index contributed by atoms with van der Waals surface area (Å²) in [6.07, 6.45) is 8.29. The fourth-order valence-corrected chi connectivity index (χ4v) is 5.00. The van der Waals surface area contributed by atoms with Crippen molar-refractivity contribution >= 4 is 5.91 Å². The number of hydrogen-bond donors (Lipinski definition) is 1. The van der Waals surface area contributed by atoms with Crippen molar-refractivity contribution in [1.29, 1.82) is 0 Å². The zero-order valence-corrected chi connectivity index (χ0v) is 19.1. The van der Waals surface area contributed by atoms with E-state index in [1.165, 1.54) is 37.1 Å². The van der Waals surface area contributed by atoms with Crippen LogP contribution in [0.3, 0.4) is 0 Å². The molecule has 0 bridgehead atoms. The smallest absolute Gasteiger partial charge is 0.223 e. The molecule has 0 atom stereocenters. The third-order valence-corrected chi connectivity index (χ3v) is 7.11. The van der Waals surface area contributed by atoms with Crippen molar-refractivity contribution in [3.8, 4) is 0 Å². The van der Waals surface area contributed by atoms with Crippen LogP contribution >= 0.6 is 0 Å². The van der Waals surface area contributed by atoms with Crippen molar-refractivity contribution < 1.29 is 4.79 Å². The minimum Gasteiger partial charge on any atom is -0.352 e. The number of aromatic nitrogens is 2. The highest BCUT2D eigenvalue weighted by Crippen LogP contribution is 2.25. The summed E-state index contributed by atoms with van der Waals surface area (Å²) in [5.41, 5.74) is 3.92. The van der Waals surface area contributed by atoms with Crippen molar-refractivity contribution in [2.24, 2.45) is 5.92 Å². The predicted molar refractivity (Wildman–Crippen MR) is 124 cm³/mol. The van der Waals surface area contributed by atoms with Gasteiger partial charge in [-0.05, 0) is 76.8 Å². The number of nitrogens with zero attached hydrogens (tertiary/aromatic N) is 4. The Bertz CT molecular complexity index is 847. The van der Waals surface area contributed by atoms with E-state index in [-0.39, 0.29) is 11.8 Å². The third-order valence-electron chi connectivity index (χ3n) is 7.11. The van der Waals surface area contributed by atoms with Gasteiger partial charge in [-0.3, -0.25) is 14.4 Å². The van der Waals surface area contributed by atoms with Crippen molar-refractivity contribution in [3.05, 3.63) is 53.3 Å². The molecule has 6 heteroatoms. The van der Waals surface area contributed by atoms with Crippen LogP contribution in [0.2, 0.25) is 0 Å². The van der Waals surface area contributed by atoms with Crippen LogP contribution in [0.15, 0.2) is 36.7 Å². The van der Waals surface area contributed by atoms with Crippen LogP contribution in [0.1, 0.15) is 49.3 Å². The summed E-state index contributed by atoms with van der Waals surface area (Å²) in [5.74, 6) is 0.357. The summed E-state index contributed by atoms with van der Waals surface area (Å²) in [6, 6.07) is 9.41. The molecule has 0 radical (unpaired) electrons. The third kappa shape index (κ3) is 5.74. The molecule has 2 aliphatic rings. The minimum atomic E-state index is 0.151. The van der Waals surface area contributed by atoms with Crippen LogP contribution in [-0.2, 0) is 24.4 Å². The van der Waals surface area contributed by atoms with E-state index in [1.54, 1.807) is 0 Å². The highest BCUT2D eigenvalue weighted by molar-refractivity contribution is 5.78.